The number of hydrogen-bond acceptors (Lipinski definition) is 4. The third-order valence-electron chi connectivity index (χ3n) is 6.17. The summed E-state index contributed by atoms with van der Waals surface area (Å²) in [5.41, 5.74) is -0.857. The molecule has 0 atom stereocenters. The number of likely N-dealkylation sites (tertiary alicyclic amines) is 1. The van der Waals surface area contributed by atoms with Crippen LogP contribution in [0.1, 0.15) is 71.1 Å². The van der Waals surface area contributed by atoms with Crippen LogP contribution in [0.15, 0.2) is 0 Å². The van der Waals surface area contributed by atoms with Gasteiger partial charge in [-0.15, -0.1) is 0 Å². The number of nitrogens with one attached hydrogen (secondary N) is 2. The molecule has 0 unspecified atom stereocenters. The zero-order chi connectivity index (χ0) is 19.3. The van der Waals surface area contributed by atoms with Crippen molar-refractivity contribution in [2.24, 2.45) is 5.41 Å². The smallest absolute Gasteiger partial charge is 0.409 e. The van der Waals surface area contributed by atoms with Crippen LogP contribution in [0.5, 0.6) is 0 Å². The summed E-state index contributed by atoms with van der Waals surface area (Å²) in [4.78, 5) is 39.0. The molecule has 2 aliphatic carbocycles. The monoisotopic (exact) mass is 379 g/mol. The third kappa shape index (κ3) is 4.93. The molecule has 0 aromatic heterocycles. The molecule has 0 aromatic carbocycles. The van der Waals surface area contributed by atoms with Crippen LogP contribution in [-0.4, -0.2) is 54.6 Å². The van der Waals surface area contributed by atoms with Gasteiger partial charge < -0.3 is 20.3 Å². The van der Waals surface area contributed by atoms with Gasteiger partial charge in [0.05, 0.1) is 6.61 Å². The molecule has 3 fully saturated rings. The Labute approximate surface area is 161 Å². The molecule has 1 aliphatic heterocycles. The zero-order valence-electron chi connectivity index (χ0n) is 16.4. The molecule has 152 valence electrons. The fourth-order valence-electron chi connectivity index (χ4n) is 4.17. The second-order valence-electron chi connectivity index (χ2n) is 8.18. The number of carbonyl (C=O) groups excluding carboxylic acids is 3. The molecule has 0 spiro atoms. The highest BCUT2D eigenvalue weighted by atomic mass is 16.6. The van der Waals surface area contributed by atoms with Gasteiger partial charge in [-0.05, 0) is 45.4 Å². The van der Waals surface area contributed by atoms with E-state index in [0.29, 0.717) is 45.4 Å². The van der Waals surface area contributed by atoms with Crippen molar-refractivity contribution in [1.29, 1.82) is 0 Å². The fourth-order valence-corrected chi connectivity index (χ4v) is 4.17. The van der Waals surface area contributed by atoms with E-state index in [9.17, 15) is 14.4 Å². The first-order valence-corrected chi connectivity index (χ1v) is 10.6. The Morgan fingerprint density at radius 2 is 1.41 bits per heavy atom. The number of hydrogen-bond donors (Lipinski definition) is 2. The molecule has 2 N–H and O–H groups in total. The summed E-state index contributed by atoms with van der Waals surface area (Å²) in [5, 5.41) is 6.21. The summed E-state index contributed by atoms with van der Waals surface area (Å²) in [6.45, 7) is 3.31. The van der Waals surface area contributed by atoms with Gasteiger partial charge in [0, 0.05) is 25.2 Å². The second-order valence-corrected chi connectivity index (χ2v) is 8.18. The predicted molar refractivity (Wildman–Crippen MR) is 101 cm³/mol. The first-order valence-electron chi connectivity index (χ1n) is 10.6. The van der Waals surface area contributed by atoms with Gasteiger partial charge in [-0.25, -0.2) is 4.79 Å². The molecule has 1 heterocycles. The molecule has 1 saturated heterocycles. The van der Waals surface area contributed by atoms with E-state index in [1.54, 1.807) is 11.8 Å². The van der Waals surface area contributed by atoms with Crippen LogP contribution in [0.2, 0.25) is 0 Å². The molecular weight excluding hydrogens is 346 g/mol. The van der Waals surface area contributed by atoms with Crippen molar-refractivity contribution >= 4 is 17.9 Å². The minimum Gasteiger partial charge on any atom is -0.450 e. The molecule has 3 aliphatic rings. The zero-order valence-corrected chi connectivity index (χ0v) is 16.4. The largest absolute Gasteiger partial charge is 0.450 e. The quantitative estimate of drug-likeness (QED) is 0.567. The fraction of sp³-hybridized carbons (Fsp3) is 0.850. The van der Waals surface area contributed by atoms with Crippen LogP contribution < -0.4 is 10.6 Å². The molecule has 7 nitrogen and oxygen atoms in total. The lowest BCUT2D eigenvalue weighted by Gasteiger charge is -2.32. The van der Waals surface area contributed by atoms with Gasteiger partial charge in [-0.2, -0.15) is 0 Å². The highest BCUT2D eigenvalue weighted by Gasteiger charge is 2.57. The Morgan fingerprint density at radius 3 is 1.89 bits per heavy atom. The molecule has 0 bridgehead atoms. The molecule has 27 heavy (non-hydrogen) atoms. The van der Waals surface area contributed by atoms with Crippen LogP contribution in [0, 0.1) is 5.41 Å². The Hall–Kier alpha value is -1.79. The van der Waals surface area contributed by atoms with Crippen molar-refractivity contribution in [2.45, 2.75) is 83.2 Å². The van der Waals surface area contributed by atoms with E-state index in [0.717, 1.165) is 25.7 Å². The number of piperidine rings is 1. The third-order valence-corrected chi connectivity index (χ3v) is 6.17. The Balaban J connectivity index is 1.46. The lowest BCUT2D eigenvalue weighted by molar-refractivity contribution is -0.138. The summed E-state index contributed by atoms with van der Waals surface area (Å²) >= 11 is 0. The minimum absolute atomic E-state index is 0.0198. The molecular formula is C20H33N3O4. The Bertz CT molecular complexity index is 545. The van der Waals surface area contributed by atoms with Crippen molar-refractivity contribution in [3.63, 3.8) is 0 Å². The van der Waals surface area contributed by atoms with E-state index in [4.69, 9.17) is 4.74 Å². The lowest BCUT2D eigenvalue weighted by atomic mass is 9.99. The number of amides is 3. The summed E-state index contributed by atoms with van der Waals surface area (Å²) in [7, 11) is 0. The van der Waals surface area contributed by atoms with Gasteiger partial charge in [0.1, 0.15) is 5.41 Å². The molecule has 0 aromatic rings. The molecule has 3 rings (SSSR count). The maximum atomic E-state index is 12.8. The van der Waals surface area contributed by atoms with E-state index in [-0.39, 0.29) is 30.0 Å². The average molecular weight is 380 g/mol. The Morgan fingerprint density at radius 1 is 0.889 bits per heavy atom. The molecule has 2 saturated carbocycles. The summed E-state index contributed by atoms with van der Waals surface area (Å²) < 4.78 is 5.02. The maximum absolute atomic E-state index is 12.8. The molecule has 3 amide bonds. The van der Waals surface area contributed by atoms with Gasteiger partial charge in [-0.3, -0.25) is 9.59 Å². The number of rotatable bonds is 5. The summed E-state index contributed by atoms with van der Waals surface area (Å²) in [6.07, 6.45) is 9.22. The van der Waals surface area contributed by atoms with Crippen molar-refractivity contribution < 1.29 is 19.1 Å². The van der Waals surface area contributed by atoms with E-state index >= 15 is 0 Å². The predicted octanol–water partition coefficient (Wildman–Crippen LogP) is 2.34. The van der Waals surface area contributed by atoms with E-state index in [1.807, 2.05) is 0 Å². The Kier molecular flexibility index (Phi) is 6.60. The topological polar surface area (TPSA) is 87.7 Å². The first-order chi connectivity index (χ1) is 13.0. The van der Waals surface area contributed by atoms with Crippen molar-refractivity contribution in [3.8, 4) is 0 Å². The SMILES string of the molecule is CCOC(=O)N1CCC(NC(=O)C2(C(=O)NC3CCCCCC3)CC2)CC1. The minimum atomic E-state index is -0.857. The van der Waals surface area contributed by atoms with E-state index < -0.39 is 5.41 Å². The van der Waals surface area contributed by atoms with Crippen molar-refractivity contribution in [1.82, 2.24) is 15.5 Å². The molecule has 7 heteroatoms. The summed E-state index contributed by atoms with van der Waals surface area (Å²) in [6, 6.07) is 0.240. The van der Waals surface area contributed by atoms with Gasteiger partial charge in [-0.1, -0.05) is 25.7 Å². The van der Waals surface area contributed by atoms with E-state index in [1.165, 1.54) is 12.8 Å². The number of ether oxygens (including phenoxy) is 1. The van der Waals surface area contributed by atoms with Gasteiger partial charge in [0.25, 0.3) is 0 Å². The average Bonchev–Trinajstić information content (AvgIpc) is 3.48. The van der Waals surface area contributed by atoms with E-state index in [2.05, 4.69) is 10.6 Å². The normalized spacial score (nSPS) is 23.2. The van der Waals surface area contributed by atoms with Gasteiger partial charge in [0.15, 0.2) is 0 Å². The number of nitrogens with zero attached hydrogens (tertiary/aromatic N) is 1. The maximum Gasteiger partial charge on any atom is 0.409 e. The van der Waals surface area contributed by atoms with Crippen LogP contribution in [-0.2, 0) is 14.3 Å². The van der Waals surface area contributed by atoms with Crippen LogP contribution in [0.25, 0.3) is 0 Å². The van der Waals surface area contributed by atoms with Crippen molar-refractivity contribution in [2.75, 3.05) is 19.7 Å². The van der Waals surface area contributed by atoms with Crippen LogP contribution in [0.4, 0.5) is 4.79 Å². The highest BCUT2D eigenvalue weighted by Crippen LogP contribution is 2.46. The second kappa shape index (κ2) is 8.93. The first kappa shape index (κ1) is 20.0. The standard InChI is InChI=1S/C20H33N3O4/c1-2-27-19(26)23-13-9-16(10-14-23)22-18(25)20(11-12-20)17(24)21-15-7-5-3-4-6-8-15/h15-16H,2-14H2,1H3,(H,21,24)(H,22,25). The van der Waals surface area contributed by atoms with Crippen LogP contribution in [0.3, 0.4) is 0 Å². The summed E-state index contributed by atoms with van der Waals surface area (Å²) in [5.74, 6) is -0.223. The lowest BCUT2D eigenvalue weighted by Crippen LogP contribution is -2.51. The van der Waals surface area contributed by atoms with Crippen LogP contribution >= 0.6 is 0 Å². The van der Waals surface area contributed by atoms with Crippen molar-refractivity contribution in [3.05, 3.63) is 0 Å². The van der Waals surface area contributed by atoms with Gasteiger partial charge in [0.2, 0.25) is 11.8 Å². The number of carbonyl (C=O) groups is 3. The van der Waals surface area contributed by atoms with Gasteiger partial charge >= 0.3 is 6.09 Å². The highest BCUT2D eigenvalue weighted by molar-refractivity contribution is 6.08. The molecule has 0 radical (unpaired) electrons.